The van der Waals surface area contributed by atoms with Crippen LogP contribution in [-0.4, -0.2) is 48.6 Å². The van der Waals surface area contributed by atoms with Crippen LogP contribution in [0.4, 0.5) is 5.69 Å². The zero-order valence-electron chi connectivity index (χ0n) is 13.5. The molecule has 7 heteroatoms. The molecule has 0 saturated heterocycles. The molecule has 0 spiro atoms. The van der Waals surface area contributed by atoms with Crippen molar-refractivity contribution in [2.45, 2.75) is 24.6 Å². The van der Waals surface area contributed by atoms with Crippen LogP contribution in [0.3, 0.4) is 0 Å². The summed E-state index contributed by atoms with van der Waals surface area (Å²) in [5.74, 6) is 0.437. The van der Waals surface area contributed by atoms with Gasteiger partial charge in [-0.1, -0.05) is 12.1 Å². The van der Waals surface area contributed by atoms with Gasteiger partial charge in [-0.25, -0.2) is 4.79 Å². The molecular formula is C16H24N2O3S2. The minimum absolute atomic E-state index is 0.234. The van der Waals surface area contributed by atoms with Crippen LogP contribution in [0.5, 0.6) is 0 Å². The maximum Gasteiger partial charge on any atom is 0.327 e. The zero-order chi connectivity index (χ0) is 17.2. The van der Waals surface area contributed by atoms with Crippen LogP contribution in [-0.2, 0) is 15.3 Å². The minimum Gasteiger partial charge on any atom is -0.480 e. The van der Waals surface area contributed by atoms with Gasteiger partial charge in [-0.2, -0.15) is 24.4 Å². The first-order chi connectivity index (χ1) is 10.9. The van der Waals surface area contributed by atoms with E-state index >= 15 is 0 Å². The van der Waals surface area contributed by atoms with Crippen molar-refractivity contribution in [3.63, 3.8) is 0 Å². The van der Waals surface area contributed by atoms with Crippen molar-refractivity contribution in [1.29, 1.82) is 0 Å². The lowest BCUT2D eigenvalue weighted by Crippen LogP contribution is -2.42. The highest BCUT2D eigenvalue weighted by atomic mass is 32.2. The van der Waals surface area contributed by atoms with E-state index in [1.54, 1.807) is 0 Å². The monoisotopic (exact) mass is 356 g/mol. The SMILES string of the molecule is CN(C)c1ccc(CSC[C@H](NC(=O)CCCS)C(=O)O)cc1. The summed E-state index contributed by atoms with van der Waals surface area (Å²) in [6.45, 7) is 0. The van der Waals surface area contributed by atoms with Crippen molar-refractivity contribution >= 4 is 42.0 Å². The fourth-order valence-corrected chi connectivity index (χ4v) is 3.03. The Morgan fingerprint density at radius 3 is 2.48 bits per heavy atom. The maximum atomic E-state index is 11.6. The summed E-state index contributed by atoms with van der Waals surface area (Å²) in [5.41, 5.74) is 2.25. The van der Waals surface area contributed by atoms with Gasteiger partial charge in [0.2, 0.25) is 5.91 Å². The van der Waals surface area contributed by atoms with E-state index in [1.807, 2.05) is 43.3 Å². The molecule has 0 heterocycles. The van der Waals surface area contributed by atoms with Crippen molar-refractivity contribution in [3.8, 4) is 0 Å². The van der Waals surface area contributed by atoms with Crippen LogP contribution in [0.15, 0.2) is 24.3 Å². The van der Waals surface area contributed by atoms with Gasteiger partial charge in [0.15, 0.2) is 0 Å². The van der Waals surface area contributed by atoms with Crippen LogP contribution in [0.2, 0.25) is 0 Å². The number of rotatable bonds is 10. The van der Waals surface area contributed by atoms with Gasteiger partial charge in [-0.3, -0.25) is 4.79 Å². The van der Waals surface area contributed by atoms with E-state index in [4.69, 9.17) is 0 Å². The van der Waals surface area contributed by atoms with Gasteiger partial charge in [0, 0.05) is 37.7 Å². The van der Waals surface area contributed by atoms with Crippen molar-refractivity contribution < 1.29 is 14.7 Å². The Bertz CT molecular complexity index is 507. The topological polar surface area (TPSA) is 69.6 Å². The Hall–Kier alpha value is -1.34. The fourth-order valence-electron chi connectivity index (χ4n) is 1.87. The van der Waals surface area contributed by atoms with E-state index < -0.39 is 12.0 Å². The molecule has 1 atom stereocenters. The molecule has 1 aromatic rings. The number of anilines is 1. The van der Waals surface area contributed by atoms with Crippen LogP contribution in [0, 0.1) is 0 Å². The largest absolute Gasteiger partial charge is 0.480 e. The molecule has 0 aliphatic rings. The number of carbonyl (C=O) groups is 2. The van der Waals surface area contributed by atoms with Gasteiger partial charge in [0.25, 0.3) is 0 Å². The van der Waals surface area contributed by atoms with Crippen molar-refractivity contribution in [2.75, 3.05) is 30.5 Å². The molecule has 0 radical (unpaired) electrons. The van der Waals surface area contributed by atoms with Gasteiger partial charge < -0.3 is 15.3 Å². The first kappa shape index (κ1) is 19.7. The summed E-state index contributed by atoms with van der Waals surface area (Å²) < 4.78 is 0. The second-order valence-corrected chi connectivity index (χ2v) is 6.84. The molecule has 0 fully saturated rings. The molecule has 1 rings (SSSR count). The standard InChI is InChI=1S/C16H24N2O3S2/c1-18(2)13-7-5-12(6-8-13)10-23-11-14(16(20)21)17-15(19)4-3-9-22/h5-8,14,22H,3-4,9-11H2,1-2H3,(H,17,19)(H,20,21)/t14-/m0/s1. The van der Waals surface area contributed by atoms with Crippen molar-refractivity contribution in [3.05, 3.63) is 29.8 Å². The molecule has 0 aromatic heterocycles. The summed E-state index contributed by atoms with van der Waals surface area (Å²) in [6, 6.07) is 7.27. The molecule has 23 heavy (non-hydrogen) atoms. The van der Waals surface area contributed by atoms with Crippen molar-refractivity contribution in [1.82, 2.24) is 5.32 Å². The Morgan fingerprint density at radius 1 is 1.30 bits per heavy atom. The third-order valence-corrected chi connectivity index (χ3v) is 4.62. The number of hydrogen-bond donors (Lipinski definition) is 3. The predicted octanol–water partition coefficient (Wildman–Crippen LogP) is 2.27. The van der Waals surface area contributed by atoms with Crippen molar-refractivity contribution in [2.24, 2.45) is 0 Å². The molecule has 0 saturated carbocycles. The Balaban J connectivity index is 2.43. The maximum absolute atomic E-state index is 11.6. The van der Waals surface area contributed by atoms with Gasteiger partial charge in [0.05, 0.1) is 0 Å². The second kappa shape index (κ2) is 10.4. The lowest BCUT2D eigenvalue weighted by atomic mass is 10.2. The average Bonchev–Trinajstić information content (AvgIpc) is 2.52. The normalized spacial score (nSPS) is 11.8. The van der Waals surface area contributed by atoms with E-state index in [0.717, 1.165) is 11.3 Å². The molecule has 0 unspecified atom stereocenters. The molecule has 0 bridgehead atoms. The van der Waals surface area contributed by atoms with Gasteiger partial charge in [-0.05, 0) is 29.9 Å². The smallest absolute Gasteiger partial charge is 0.327 e. The van der Waals surface area contributed by atoms with Gasteiger partial charge >= 0.3 is 5.97 Å². The zero-order valence-corrected chi connectivity index (χ0v) is 15.2. The van der Waals surface area contributed by atoms with Crippen LogP contribution < -0.4 is 10.2 Å². The molecule has 1 aromatic carbocycles. The number of carboxylic acid groups (broad SMARTS) is 1. The molecule has 2 N–H and O–H groups in total. The van der Waals surface area contributed by atoms with E-state index in [-0.39, 0.29) is 5.91 Å². The summed E-state index contributed by atoms with van der Waals surface area (Å²) in [4.78, 5) is 24.9. The highest BCUT2D eigenvalue weighted by Gasteiger charge is 2.19. The number of nitrogens with one attached hydrogen (secondary N) is 1. The number of hydrogen-bond acceptors (Lipinski definition) is 5. The number of aliphatic carboxylic acids is 1. The minimum atomic E-state index is -1.00. The number of thiol groups is 1. The molecule has 1 amide bonds. The molecular weight excluding hydrogens is 332 g/mol. The van der Waals surface area contributed by atoms with E-state index in [0.29, 0.717) is 30.1 Å². The van der Waals surface area contributed by atoms with Crippen LogP contribution in [0.25, 0.3) is 0 Å². The molecule has 0 aliphatic heterocycles. The molecule has 0 aliphatic carbocycles. The van der Waals surface area contributed by atoms with E-state index in [9.17, 15) is 14.7 Å². The molecule has 5 nitrogen and oxygen atoms in total. The summed E-state index contributed by atoms with van der Waals surface area (Å²) in [5, 5.41) is 11.8. The third kappa shape index (κ3) is 7.65. The molecule has 128 valence electrons. The number of carbonyl (C=O) groups excluding carboxylic acids is 1. The summed E-state index contributed by atoms with van der Waals surface area (Å²) in [6.07, 6.45) is 0.955. The number of thioether (sulfide) groups is 1. The second-order valence-electron chi connectivity index (χ2n) is 5.36. The van der Waals surface area contributed by atoms with E-state index in [2.05, 4.69) is 17.9 Å². The van der Waals surface area contributed by atoms with Crippen LogP contribution in [0.1, 0.15) is 18.4 Å². The average molecular weight is 357 g/mol. The number of amides is 1. The van der Waals surface area contributed by atoms with E-state index in [1.165, 1.54) is 11.8 Å². The third-order valence-electron chi connectivity index (χ3n) is 3.20. The summed E-state index contributed by atoms with van der Waals surface area (Å²) in [7, 11) is 3.97. The predicted molar refractivity (Wildman–Crippen MR) is 99.6 cm³/mol. The Morgan fingerprint density at radius 2 is 1.96 bits per heavy atom. The fraction of sp³-hybridized carbons (Fsp3) is 0.500. The number of nitrogens with zero attached hydrogens (tertiary/aromatic N) is 1. The first-order valence-electron chi connectivity index (χ1n) is 7.41. The van der Waals surface area contributed by atoms with Crippen LogP contribution >= 0.6 is 24.4 Å². The Kier molecular flexibility index (Phi) is 8.94. The number of carboxylic acids is 1. The first-order valence-corrected chi connectivity index (χ1v) is 9.19. The van der Waals surface area contributed by atoms with Gasteiger partial charge in [0.1, 0.15) is 6.04 Å². The quantitative estimate of drug-likeness (QED) is 0.561. The van der Waals surface area contributed by atoms with Gasteiger partial charge in [-0.15, -0.1) is 0 Å². The lowest BCUT2D eigenvalue weighted by molar-refractivity contribution is -0.141. The summed E-state index contributed by atoms with van der Waals surface area (Å²) >= 11 is 5.54. The lowest BCUT2D eigenvalue weighted by Gasteiger charge is -2.15. The number of benzene rings is 1. The highest BCUT2D eigenvalue weighted by Crippen LogP contribution is 2.17. The Labute approximate surface area is 147 Å². The highest BCUT2D eigenvalue weighted by molar-refractivity contribution is 7.98.